The average molecular weight is 1050 g/mol. The van der Waals surface area contributed by atoms with Crippen LogP contribution in [0, 0.1) is 13.8 Å². The summed E-state index contributed by atoms with van der Waals surface area (Å²) in [5.74, 6) is 0.549. The Bertz CT molecular complexity index is 3060. The second-order valence-corrected chi connectivity index (χ2v) is 14.8. The van der Waals surface area contributed by atoms with Crippen molar-refractivity contribution < 1.29 is 9.59 Å². The Hall–Kier alpha value is -7.78. The predicted molar refractivity (Wildman–Crippen MR) is 325 cm³/mol. The number of aromatic nitrogens is 7. The Morgan fingerprint density at radius 3 is 1.13 bits per heavy atom. The van der Waals surface area contributed by atoms with Gasteiger partial charge in [0.25, 0.3) is 34.1 Å². The summed E-state index contributed by atoms with van der Waals surface area (Å²) in [6.45, 7) is 24.0. The molecule has 0 saturated heterocycles. The van der Waals surface area contributed by atoms with Crippen LogP contribution in [-0.4, -0.2) is 57.8 Å². The van der Waals surface area contributed by atoms with E-state index in [-0.39, 0.29) is 70.5 Å². The van der Waals surface area contributed by atoms with Gasteiger partial charge in [-0.15, -0.1) is 11.3 Å². The number of fused-ring (bicyclic) bond motifs is 6. The van der Waals surface area contributed by atoms with Crippen LogP contribution >= 0.6 is 11.3 Å². The minimum absolute atomic E-state index is 0. The van der Waals surface area contributed by atoms with E-state index in [9.17, 15) is 28.8 Å². The zero-order valence-electron chi connectivity index (χ0n) is 43.0. The number of nitrogens with zero attached hydrogens (tertiary/aromatic N) is 7. The van der Waals surface area contributed by atoms with Gasteiger partial charge in [0.1, 0.15) is 5.82 Å². The summed E-state index contributed by atoms with van der Waals surface area (Å²) in [6.07, 6.45) is 3.39. The number of hydrogen-bond acceptors (Lipinski definition) is 11. The molecule has 0 atom stereocenters. The van der Waals surface area contributed by atoms with Crippen LogP contribution in [0.2, 0.25) is 0 Å². The molecule has 408 valence electrons. The number of imide groups is 1. The van der Waals surface area contributed by atoms with E-state index in [2.05, 4.69) is 31.0 Å². The second-order valence-electron chi connectivity index (χ2n) is 13.6. The number of amides is 2. The lowest BCUT2D eigenvalue weighted by Gasteiger charge is -2.02. The van der Waals surface area contributed by atoms with E-state index in [0.29, 0.717) is 11.1 Å². The summed E-state index contributed by atoms with van der Waals surface area (Å²) in [7, 11) is 4.22. The third-order valence-corrected chi connectivity index (χ3v) is 10.5. The van der Waals surface area contributed by atoms with Gasteiger partial charge in [0, 0.05) is 33.5 Å². The number of aromatic amines is 1. The number of nitrogens with one attached hydrogen (secondary N) is 1. The van der Waals surface area contributed by atoms with Gasteiger partial charge in [-0.05, 0) is 74.5 Å². The number of aryl methyl sites for hydroxylation is 2. The maximum absolute atomic E-state index is 11.8. The molecular formula is C60H86N8O6S. The third-order valence-electron chi connectivity index (χ3n) is 9.58. The van der Waals surface area contributed by atoms with Gasteiger partial charge < -0.3 is 4.98 Å². The number of para-hydroxylation sites is 5. The van der Waals surface area contributed by atoms with E-state index >= 15 is 0 Å². The summed E-state index contributed by atoms with van der Waals surface area (Å²) in [5.41, 5.74) is 4.37. The minimum atomic E-state index is -0.451. The fourth-order valence-electron chi connectivity index (χ4n) is 6.50. The number of imidazole rings is 1. The van der Waals surface area contributed by atoms with E-state index in [4.69, 9.17) is 0 Å². The summed E-state index contributed by atoms with van der Waals surface area (Å²) in [5, 5.41) is 1.85. The first kappa shape index (κ1) is 73.8. The third kappa shape index (κ3) is 18.0. The Labute approximate surface area is 449 Å². The zero-order valence-corrected chi connectivity index (χ0v) is 43.9. The maximum atomic E-state index is 11.8. The summed E-state index contributed by atoms with van der Waals surface area (Å²) >= 11 is 1.74. The highest BCUT2D eigenvalue weighted by Crippen LogP contribution is 2.21. The second kappa shape index (κ2) is 37.0. The van der Waals surface area contributed by atoms with Crippen molar-refractivity contribution in [3.05, 3.63) is 185 Å². The average Bonchev–Trinajstić information content (AvgIpc) is 4.17. The Morgan fingerprint density at radius 2 is 0.760 bits per heavy atom. The van der Waals surface area contributed by atoms with Crippen molar-refractivity contribution in [2.45, 2.75) is 120 Å². The van der Waals surface area contributed by atoms with Crippen molar-refractivity contribution >= 4 is 77.0 Å². The minimum Gasteiger partial charge on any atom is -0.342 e. The number of hydrogen-bond donors (Lipinski definition) is 1. The molecule has 10 aromatic rings. The highest BCUT2D eigenvalue weighted by atomic mass is 32.1. The molecule has 0 radical (unpaired) electrons. The summed E-state index contributed by atoms with van der Waals surface area (Å²) in [4.78, 5) is 90.8. The topological polar surface area (TPSA) is 183 Å². The molecule has 2 amide bonds. The van der Waals surface area contributed by atoms with Gasteiger partial charge in [0.05, 0.1) is 70.0 Å². The fourth-order valence-corrected chi connectivity index (χ4v) is 7.33. The monoisotopic (exact) mass is 1050 g/mol. The maximum Gasteiger partial charge on any atom is 0.261 e. The number of H-pyrrole nitrogens is 1. The van der Waals surface area contributed by atoms with Crippen LogP contribution in [0.25, 0.3) is 53.8 Å². The van der Waals surface area contributed by atoms with Crippen LogP contribution < -0.4 is 22.2 Å². The number of thiazole rings is 1. The van der Waals surface area contributed by atoms with Crippen molar-refractivity contribution in [3.8, 4) is 0 Å². The molecule has 0 spiro atoms. The molecule has 0 aliphatic carbocycles. The van der Waals surface area contributed by atoms with Crippen LogP contribution in [-0.2, 0) is 14.1 Å². The van der Waals surface area contributed by atoms with Crippen molar-refractivity contribution in [2.75, 3.05) is 7.05 Å². The van der Waals surface area contributed by atoms with Gasteiger partial charge in [-0.3, -0.25) is 52.8 Å². The van der Waals surface area contributed by atoms with E-state index in [1.165, 1.54) is 38.0 Å². The first-order valence-corrected chi connectivity index (χ1v) is 24.3. The van der Waals surface area contributed by atoms with E-state index in [1.807, 2.05) is 150 Å². The Kier molecular flexibility index (Phi) is 36.4. The molecule has 5 aromatic heterocycles. The summed E-state index contributed by atoms with van der Waals surface area (Å²) < 4.78 is 3.22. The lowest BCUT2D eigenvalue weighted by Crippen LogP contribution is -2.24. The SMILES string of the molecule is C.C.C.C.C.CC.CC.CC.CC.CC.CN1C(=O)c2ccccc2C1=O.Cc1nc2ccccc2[nH]1.Cc1nc2ccccc2s1.Cn1c(=O)c2cc3c(=O)n(C)c(=O)c3cc2c1=O.c1ccc2nccnc2c1. The summed E-state index contributed by atoms with van der Waals surface area (Å²) in [6, 6.07) is 33.5. The highest BCUT2D eigenvalue weighted by Gasteiger charge is 2.31. The molecule has 0 unspecified atom stereocenters. The Morgan fingerprint density at radius 1 is 0.427 bits per heavy atom. The van der Waals surface area contributed by atoms with Crippen LogP contribution in [0.4, 0.5) is 0 Å². The van der Waals surface area contributed by atoms with Crippen molar-refractivity contribution in [2.24, 2.45) is 14.1 Å². The van der Waals surface area contributed by atoms with E-state index in [0.717, 1.165) is 52.4 Å². The molecule has 0 saturated carbocycles. The molecule has 11 rings (SSSR count). The molecule has 75 heavy (non-hydrogen) atoms. The number of carbonyl (C=O) groups excluding carboxylic acids is 2. The molecule has 1 aliphatic rings. The molecule has 15 heteroatoms. The van der Waals surface area contributed by atoms with Crippen LogP contribution in [0.5, 0.6) is 0 Å². The fraction of sp³-hybridized carbons (Fsp3) is 0.333. The van der Waals surface area contributed by atoms with Crippen molar-refractivity contribution in [1.29, 1.82) is 0 Å². The molecule has 14 nitrogen and oxygen atoms in total. The standard InChI is InChI=1S/C12H8N2O4.C9H7NO2.C8H8N2.C8H6N2.C8H7NS.5C2H6.5CH4/c1-13-9(15)5-3-7-8(4-6(5)10(13)16)12(18)14(2)11(7)17;1-10-8(11)6-4-2-3-5-7(6)9(10)12;1-6-9-7-4-2-3-5-8(7)10-6;1-2-4-8-7(3-1)9-5-6-10-8;1-6-9-7-4-2-3-5-8(7)10-6;5*1-2;;;;;/h3-4H,1-2H3;2-5H,1H3;2-5H,1H3,(H,9,10);1-6H;2-5H,1H3;5*1-2H3;5*1H4. The van der Waals surface area contributed by atoms with Gasteiger partial charge in [-0.2, -0.15) is 0 Å². The molecule has 5 aromatic carbocycles. The van der Waals surface area contributed by atoms with Gasteiger partial charge in [0.2, 0.25) is 0 Å². The van der Waals surface area contributed by atoms with Crippen molar-refractivity contribution in [1.82, 2.24) is 39.0 Å². The molecule has 1 N–H and O–H groups in total. The quantitative estimate of drug-likeness (QED) is 0.143. The molecule has 6 heterocycles. The van der Waals surface area contributed by atoms with E-state index < -0.39 is 22.2 Å². The highest BCUT2D eigenvalue weighted by molar-refractivity contribution is 7.18. The normalized spacial score (nSPS) is 9.77. The van der Waals surface area contributed by atoms with Crippen LogP contribution in [0.3, 0.4) is 0 Å². The number of carbonyl (C=O) groups is 2. The van der Waals surface area contributed by atoms with Gasteiger partial charge in [-0.1, -0.05) is 155 Å². The van der Waals surface area contributed by atoms with Gasteiger partial charge >= 0.3 is 0 Å². The molecular weight excluding hydrogens is 961 g/mol. The Balaban J connectivity index is -0.000000402. The molecule has 0 fully saturated rings. The largest absolute Gasteiger partial charge is 0.342 e. The van der Waals surface area contributed by atoms with Gasteiger partial charge in [0.15, 0.2) is 0 Å². The lowest BCUT2D eigenvalue weighted by molar-refractivity contribution is 0.0693. The smallest absolute Gasteiger partial charge is 0.261 e. The van der Waals surface area contributed by atoms with Crippen molar-refractivity contribution in [3.63, 3.8) is 0 Å². The molecule has 1 aliphatic heterocycles. The van der Waals surface area contributed by atoms with E-state index in [1.54, 1.807) is 48.0 Å². The van der Waals surface area contributed by atoms with Crippen LogP contribution in [0.1, 0.15) is 138 Å². The zero-order chi connectivity index (χ0) is 52.7. The first-order chi connectivity index (χ1) is 33.8. The molecule has 0 bridgehead atoms. The predicted octanol–water partition coefficient (Wildman–Crippen LogP) is 14.3. The number of rotatable bonds is 0. The lowest BCUT2D eigenvalue weighted by atomic mass is 10.1. The number of benzene rings is 5. The van der Waals surface area contributed by atoms with Gasteiger partial charge in [-0.25, -0.2) is 9.97 Å². The first-order valence-electron chi connectivity index (χ1n) is 23.5. The van der Waals surface area contributed by atoms with Crippen LogP contribution in [0.15, 0.2) is 141 Å².